The highest BCUT2D eigenvalue weighted by Crippen LogP contribution is 2.43. The standard InChI is InChI=1S/C21H33N3O2S/c1-2-22-20(24-16-14-21(18-24)12-7-4-8-13-21)23-15-9-17-27(25,26)19-10-5-3-6-11-19/h3,5-6,10-11H,2,4,7-9,12-18H2,1H3,(H,22,23). The number of hydrogen-bond acceptors (Lipinski definition) is 3. The SMILES string of the molecule is CCNC(=NCCCS(=O)(=O)c1ccccc1)N1CCC2(CCCCC2)C1. The molecule has 1 aliphatic carbocycles. The molecule has 0 unspecified atom stereocenters. The molecule has 3 rings (SSSR count). The minimum atomic E-state index is -3.22. The summed E-state index contributed by atoms with van der Waals surface area (Å²) in [5, 5.41) is 3.40. The molecule has 1 saturated carbocycles. The second kappa shape index (κ2) is 9.09. The van der Waals surface area contributed by atoms with Crippen LogP contribution in [0.15, 0.2) is 40.2 Å². The summed E-state index contributed by atoms with van der Waals surface area (Å²) in [5.74, 6) is 1.10. The van der Waals surface area contributed by atoms with Gasteiger partial charge in [-0.15, -0.1) is 0 Å². The third kappa shape index (κ3) is 5.24. The van der Waals surface area contributed by atoms with Crippen LogP contribution in [0.3, 0.4) is 0 Å². The van der Waals surface area contributed by atoms with Crippen LogP contribution in [0.25, 0.3) is 0 Å². The molecule has 6 heteroatoms. The van der Waals surface area contributed by atoms with Gasteiger partial charge in [0.1, 0.15) is 0 Å². The highest BCUT2D eigenvalue weighted by Gasteiger charge is 2.39. The summed E-state index contributed by atoms with van der Waals surface area (Å²) in [6.07, 6.45) is 8.60. The summed E-state index contributed by atoms with van der Waals surface area (Å²) < 4.78 is 24.8. The first-order valence-corrected chi connectivity index (χ1v) is 12.0. The van der Waals surface area contributed by atoms with E-state index in [9.17, 15) is 8.42 Å². The fourth-order valence-electron chi connectivity index (χ4n) is 4.44. The van der Waals surface area contributed by atoms with Crippen LogP contribution in [-0.2, 0) is 9.84 Å². The van der Waals surface area contributed by atoms with Gasteiger partial charge >= 0.3 is 0 Å². The van der Waals surface area contributed by atoms with Crippen LogP contribution in [0.4, 0.5) is 0 Å². The molecular formula is C21H33N3O2S. The summed E-state index contributed by atoms with van der Waals surface area (Å²) in [6.45, 7) is 5.62. The molecule has 2 aliphatic rings. The van der Waals surface area contributed by atoms with E-state index < -0.39 is 9.84 Å². The quantitative estimate of drug-likeness (QED) is 0.458. The maximum atomic E-state index is 12.4. The lowest BCUT2D eigenvalue weighted by Gasteiger charge is -2.33. The van der Waals surface area contributed by atoms with Crippen molar-refractivity contribution in [2.45, 2.75) is 56.8 Å². The van der Waals surface area contributed by atoms with E-state index >= 15 is 0 Å². The van der Waals surface area contributed by atoms with Crippen LogP contribution in [-0.4, -0.2) is 51.2 Å². The maximum absolute atomic E-state index is 12.4. The van der Waals surface area contributed by atoms with Crippen molar-refractivity contribution >= 4 is 15.8 Å². The first kappa shape index (κ1) is 20.2. The first-order valence-electron chi connectivity index (χ1n) is 10.4. The minimum Gasteiger partial charge on any atom is -0.357 e. The van der Waals surface area contributed by atoms with E-state index in [1.165, 1.54) is 38.5 Å². The molecule has 1 aromatic rings. The highest BCUT2D eigenvalue weighted by molar-refractivity contribution is 7.91. The molecule has 27 heavy (non-hydrogen) atoms. The number of rotatable bonds is 6. The van der Waals surface area contributed by atoms with Gasteiger partial charge in [-0.3, -0.25) is 4.99 Å². The predicted molar refractivity (Wildman–Crippen MR) is 111 cm³/mol. The average molecular weight is 392 g/mol. The maximum Gasteiger partial charge on any atom is 0.193 e. The Labute approximate surface area is 164 Å². The van der Waals surface area contributed by atoms with Gasteiger partial charge in [-0.25, -0.2) is 8.42 Å². The number of benzene rings is 1. The van der Waals surface area contributed by atoms with Gasteiger partial charge in [0, 0.05) is 26.2 Å². The number of aliphatic imine (C=N–C) groups is 1. The van der Waals surface area contributed by atoms with Crippen LogP contribution >= 0.6 is 0 Å². The molecule has 1 saturated heterocycles. The van der Waals surface area contributed by atoms with Crippen molar-refractivity contribution in [2.24, 2.45) is 10.4 Å². The number of hydrogen-bond donors (Lipinski definition) is 1. The van der Waals surface area contributed by atoms with Gasteiger partial charge in [-0.05, 0) is 50.2 Å². The zero-order chi connectivity index (χ0) is 19.2. The second-order valence-electron chi connectivity index (χ2n) is 7.95. The molecule has 0 radical (unpaired) electrons. The largest absolute Gasteiger partial charge is 0.357 e. The fraction of sp³-hybridized carbons (Fsp3) is 0.667. The van der Waals surface area contributed by atoms with E-state index in [0.29, 0.717) is 23.3 Å². The van der Waals surface area contributed by atoms with Crippen molar-refractivity contribution in [2.75, 3.05) is 31.9 Å². The van der Waals surface area contributed by atoms with Crippen molar-refractivity contribution in [3.8, 4) is 0 Å². The fourth-order valence-corrected chi connectivity index (χ4v) is 5.75. The lowest BCUT2D eigenvalue weighted by Crippen LogP contribution is -2.41. The van der Waals surface area contributed by atoms with E-state index in [2.05, 4.69) is 17.1 Å². The molecule has 1 N–H and O–H groups in total. The van der Waals surface area contributed by atoms with Crippen molar-refractivity contribution in [1.82, 2.24) is 10.2 Å². The number of likely N-dealkylation sites (tertiary alicyclic amines) is 1. The van der Waals surface area contributed by atoms with Crippen LogP contribution in [0.5, 0.6) is 0 Å². The van der Waals surface area contributed by atoms with Gasteiger partial charge in [-0.2, -0.15) is 0 Å². The minimum absolute atomic E-state index is 0.143. The Hall–Kier alpha value is -1.56. The third-order valence-electron chi connectivity index (χ3n) is 5.92. The normalized spacial score (nSPS) is 20.2. The molecule has 2 fully saturated rings. The van der Waals surface area contributed by atoms with E-state index in [0.717, 1.165) is 25.6 Å². The molecule has 0 aromatic heterocycles. The molecule has 1 aromatic carbocycles. The van der Waals surface area contributed by atoms with E-state index in [4.69, 9.17) is 4.99 Å². The summed E-state index contributed by atoms with van der Waals surface area (Å²) in [6, 6.07) is 8.69. The van der Waals surface area contributed by atoms with Gasteiger partial charge in [0.15, 0.2) is 15.8 Å². The molecule has 1 spiro atoms. The van der Waals surface area contributed by atoms with Gasteiger partial charge in [0.05, 0.1) is 10.6 Å². The number of nitrogens with one attached hydrogen (secondary N) is 1. The van der Waals surface area contributed by atoms with Gasteiger partial charge in [0.25, 0.3) is 0 Å². The third-order valence-corrected chi connectivity index (χ3v) is 7.74. The topological polar surface area (TPSA) is 61.8 Å². The Balaban J connectivity index is 1.55. The first-order chi connectivity index (χ1) is 13.0. The molecule has 0 bridgehead atoms. The Morgan fingerprint density at radius 3 is 2.59 bits per heavy atom. The average Bonchev–Trinajstić information content (AvgIpc) is 3.08. The highest BCUT2D eigenvalue weighted by atomic mass is 32.2. The summed E-state index contributed by atoms with van der Waals surface area (Å²) >= 11 is 0. The molecule has 5 nitrogen and oxygen atoms in total. The second-order valence-corrected chi connectivity index (χ2v) is 10.1. The Bertz CT molecular complexity index is 725. The molecule has 0 amide bonds. The van der Waals surface area contributed by atoms with Crippen molar-refractivity contribution in [3.05, 3.63) is 30.3 Å². The summed E-state index contributed by atoms with van der Waals surface area (Å²) in [5.41, 5.74) is 0.491. The Morgan fingerprint density at radius 1 is 1.15 bits per heavy atom. The summed E-state index contributed by atoms with van der Waals surface area (Å²) in [7, 11) is -3.22. The van der Waals surface area contributed by atoms with E-state index in [1.54, 1.807) is 24.3 Å². The van der Waals surface area contributed by atoms with Gasteiger partial charge < -0.3 is 10.2 Å². The van der Waals surface area contributed by atoms with Crippen LogP contribution in [0.2, 0.25) is 0 Å². The lowest BCUT2D eigenvalue weighted by atomic mass is 9.73. The molecule has 1 aliphatic heterocycles. The van der Waals surface area contributed by atoms with Crippen molar-refractivity contribution < 1.29 is 8.42 Å². The number of nitrogens with zero attached hydrogens (tertiary/aromatic N) is 2. The van der Waals surface area contributed by atoms with E-state index in [-0.39, 0.29) is 5.75 Å². The molecule has 1 heterocycles. The number of sulfone groups is 1. The summed E-state index contributed by atoms with van der Waals surface area (Å²) in [4.78, 5) is 7.53. The van der Waals surface area contributed by atoms with Crippen molar-refractivity contribution in [3.63, 3.8) is 0 Å². The molecule has 150 valence electrons. The Kier molecular flexibility index (Phi) is 6.79. The zero-order valence-electron chi connectivity index (χ0n) is 16.5. The van der Waals surface area contributed by atoms with E-state index in [1.807, 2.05) is 6.07 Å². The van der Waals surface area contributed by atoms with Gasteiger partial charge in [0.2, 0.25) is 0 Å². The lowest BCUT2D eigenvalue weighted by molar-refractivity contribution is 0.203. The molecular weight excluding hydrogens is 358 g/mol. The van der Waals surface area contributed by atoms with Gasteiger partial charge in [-0.1, -0.05) is 37.5 Å². The zero-order valence-corrected chi connectivity index (χ0v) is 17.3. The van der Waals surface area contributed by atoms with Crippen molar-refractivity contribution in [1.29, 1.82) is 0 Å². The van der Waals surface area contributed by atoms with Crippen LogP contribution in [0, 0.1) is 5.41 Å². The predicted octanol–water partition coefficient (Wildman–Crippen LogP) is 3.47. The smallest absolute Gasteiger partial charge is 0.193 e. The molecule has 0 atom stereocenters. The monoisotopic (exact) mass is 391 g/mol. The Morgan fingerprint density at radius 2 is 1.89 bits per heavy atom. The van der Waals surface area contributed by atoms with Crippen LogP contribution < -0.4 is 5.32 Å². The van der Waals surface area contributed by atoms with Crippen LogP contribution in [0.1, 0.15) is 51.9 Å². The number of guanidine groups is 1.